The van der Waals surface area contributed by atoms with Gasteiger partial charge in [-0.05, 0) is 36.5 Å². The fraction of sp³-hybridized carbons (Fsp3) is 0.240. The maximum atomic E-state index is 11.6. The molecule has 0 saturated carbocycles. The SMILES string of the molecule is CCOc1cc(O)c(C(=O)O)cc1C(CC(C)c1ccccc1)c1ccccc1. The molecule has 3 aromatic rings. The molecule has 4 heteroatoms. The van der Waals surface area contributed by atoms with Crippen molar-refractivity contribution in [3.8, 4) is 11.5 Å². The van der Waals surface area contributed by atoms with Gasteiger partial charge in [0.25, 0.3) is 0 Å². The fourth-order valence-electron chi connectivity index (χ4n) is 3.71. The predicted molar refractivity (Wildman–Crippen MR) is 114 cm³/mol. The van der Waals surface area contributed by atoms with E-state index in [-0.39, 0.29) is 23.1 Å². The standard InChI is InChI=1S/C25H26O4/c1-3-29-24-16-23(26)22(25(27)28)15-21(24)20(19-12-8-5-9-13-19)14-17(2)18-10-6-4-7-11-18/h4-13,15-17,20,26H,3,14H2,1-2H3,(H,27,28). The number of ether oxygens (including phenoxy) is 1. The first-order valence-electron chi connectivity index (χ1n) is 9.84. The molecule has 4 nitrogen and oxygen atoms in total. The molecule has 0 aliphatic rings. The molecule has 0 aromatic heterocycles. The van der Waals surface area contributed by atoms with E-state index in [4.69, 9.17) is 4.74 Å². The van der Waals surface area contributed by atoms with Crippen LogP contribution in [0.25, 0.3) is 0 Å². The van der Waals surface area contributed by atoms with E-state index in [1.54, 1.807) is 6.07 Å². The highest BCUT2D eigenvalue weighted by Gasteiger charge is 2.25. The van der Waals surface area contributed by atoms with E-state index >= 15 is 0 Å². The second-order valence-electron chi connectivity index (χ2n) is 7.16. The van der Waals surface area contributed by atoms with Gasteiger partial charge in [-0.25, -0.2) is 4.79 Å². The van der Waals surface area contributed by atoms with Gasteiger partial charge >= 0.3 is 5.97 Å². The largest absolute Gasteiger partial charge is 0.507 e. The summed E-state index contributed by atoms with van der Waals surface area (Å²) in [5, 5.41) is 19.7. The van der Waals surface area contributed by atoms with Gasteiger partial charge in [-0.1, -0.05) is 67.6 Å². The monoisotopic (exact) mass is 390 g/mol. The number of phenols is 1. The molecule has 29 heavy (non-hydrogen) atoms. The lowest BCUT2D eigenvalue weighted by molar-refractivity contribution is 0.0693. The van der Waals surface area contributed by atoms with Crippen LogP contribution in [-0.2, 0) is 0 Å². The van der Waals surface area contributed by atoms with Crippen molar-refractivity contribution in [1.82, 2.24) is 0 Å². The molecule has 3 rings (SSSR count). The van der Waals surface area contributed by atoms with Crippen LogP contribution < -0.4 is 4.74 Å². The Bertz CT molecular complexity index is 951. The molecule has 150 valence electrons. The highest BCUT2D eigenvalue weighted by molar-refractivity contribution is 5.91. The third kappa shape index (κ3) is 4.77. The summed E-state index contributed by atoms with van der Waals surface area (Å²) in [4.78, 5) is 11.6. The normalized spacial score (nSPS) is 12.9. The van der Waals surface area contributed by atoms with Gasteiger partial charge in [0.2, 0.25) is 0 Å². The molecular formula is C25H26O4. The number of benzene rings is 3. The number of hydrogen-bond acceptors (Lipinski definition) is 3. The minimum absolute atomic E-state index is 0.0772. The molecule has 2 atom stereocenters. The molecular weight excluding hydrogens is 364 g/mol. The Balaban J connectivity index is 2.11. The van der Waals surface area contributed by atoms with Crippen LogP contribution in [-0.4, -0.2) is 22.8 Å². The van der Waals surface area contributed by atoms with Gasteiger partial charge in [-0.3, -0.25) is 0 Å². The molecule has 3 aromatic carbocycles. The Labute approximate surface area is 171 Å². The van der Waals surface area contributed by atoms with Crippen molar-refractivity contribution in [1.29, 1.82) is 0 Å². The number of aromatic hydroxyl groups is 1. The van der Waals surface area contributed by atoms with Crippen LogP contribution in [0.2, 0.25) is 0 Å². The van der Waals surface area contributed by atoms with E-state index in [2.05, 4.69) is 19.1 Å². The van der Waals surface area contributed by atoms with Crippen molar-refractivity contribution in [2.24, 2.45) is 0 Å². The fourth-order valence-corrected chi connectivity index (χ4v) is 3.71. The lowest BCUT2D eigenvalue weighted by atomic mass is 9.81. The molecule has 0 fully saturated rings. The zero-order chi connectivity index (χ0) is 20.8. The van der Waals surface area contributed by atoms with Crippen LogP contribution in [0.5, 0.6) is 11.5 Å². The number of rotatable bonds is 8. The van der Waals surface area contributed by atoms with Gasteiger partial charge < -0.3 is 14.9 Å². The average molecular weight is 390 g/mol. The number of hydrogen-bond donors (Lipinski definition) is 2. The van der Waals surface area contributed by atoms with E-state index in [1.165, 1.54) is 11.6 Å². The molecule has 0 aliphatic carbocycles. The van der Waals surface area contributed by atoms with Gasteiger partial charge in [-0.15, -0.1) is 0 Å². The van der Waals surface area contributed by atoms with Crippen LogP contribution in [0.4, 0.5) is 0 Å². The topological polar surface area (TPSA) is 66.8 Å². The number of carboxylic acids is 1. The second kappa shape index (κ2) is 9.28. The van der Waals surface area contributed by atoms with Gasteiger partial charge in [-0.2, -0.15) is 0 Å². The van der Waals surface area contributed by atoms with Crippen LogP contribution in [0.3, 0.4) is 0 Å². The summed E-state index contributed by atoms with van der Waals surface area (Å²) in [6, 6.07) is 23.3. The Morgan fingerprint density at radius 3 is 2.10 bits per heavy atom. The van der Waals surface area contributed by atoms with Crippen molar-refractivity contribution < 1.29 is 19.7 Å². The van der Waals surface area contributed by atoms with Crippen molar-refractivity contribution >= 4 is 5.97 Å². The molecule has 0 saturated heterocycles. The summed E-state index contributed by atoms with van der Waals surface area (Å²) in [6.45, 7) is 4.47. The molecule has 0 aliphatic heterocycles. The Morgan fingerprint density at radius 2 is 1.55 bits per heavy atom. The summed E-state index contributed by atoms with van der Waals surface area (Å²) in [7, 11) is 0. The second-order valence-corrected chi connectivity index (χ2v) is 7.16. The van der Waals surface area contributed by atoms with E-state index in [0.717, 1.165) is 17.5 Å². The predicted octanol–water partition coefficient (Wildman–Crippen LogP) is 5.81. The molecule has 2 unspecified atom stereocenters. The molecule has 0 bridgehead atoms. The summed E-state index contributed by atoms with van der Waals surface area (Å²) in [5.41, 5.74) is 2.97. The van der Waals surface area contributed by atoms with Gasteiger partial charge in [0.15, 0.2) is 0 Å². The zero-order valence-electron chi connectivity index (χ0n) is 16.7. The number of carbonyl (C=O) groups is 1. The first-order valence-corrected chi connectivity index (χ1v) is 9.84. The van der Waals surface area contributed by atoms with Crippen LogP contribution >= 0.6 is 0 Å². The van der Waals surface area contributed by atoms with Crippen molar-refractivity contribution in [2.75, 3.05) is 6.61 Å². The first kappa shape index (κ1) is 20.5. The van der Waals surface area contributed by atoms with E-state index < -0.39 is 5.97 Å². The third-order valence-corrected chi connectivity index (χ3v) is 5.19. The third-order valence-electron chi connectivity index (χ3n) is 5.19. The molecule has 2 N–H and O–H groups in total. The Hall–Kier alpha value is -3.27. The lowest BCUT2D eigenvalue weighted by Gasteiger charge is -2.25. The van der Waals surface area contributed by atoms with E-state index in [9.17, 15) is 15.0 Å². The van der Waals surface area contributed by atoms with Crippen LogP contribution in [0.15, 0.2) is 72.8 Å². The molecule has 0 spiro atoms. The van der Waals surface area contributed by atoms with Crippen molar-refractivity contribution in [2.45, 2.75) is 32.1 Å². The highest BCUT2D eigenvalue weighted by Crippen LogP contribution is 2.41. The summed E-state index contributed by atoms with van der Waals surface area (Å²) >= 11 is 0. The minimum atomic E-state index is -1.16. The lowest BCUT2D eigenvalue weighted by Crippen LogP contribution is -2.10. The maximum Gasteiger partial charge on any atom is 0.339 e. The summed E-state index contributed by atoms with van der Waals surface area (Å²) < 4.78 is 5.79. The van der Waals surface area contributed by atoms with Crippen LogP contribution in [0, 0.1) is 0 Å². The van der Waals surface area contributed by atoms with Crippen LogP contribution in [0.1, 0.15) is 59.2 Å². The quantitative estimate of drug-likeness (QED) is 0.509. The smallest absolute Gasteiger partial charge is 0.339 e. The summed E-state index contributed by atoms with van der Waals surface area (Å²) in [6.07, 6.45) is 0.776. The van der Waals surface area contributed by atoms with Crippen molar-refractivity contribution in [3.05, 3.63) is 95.1 Å². The van der Waals surface area contributed by atoms with E-state index in [1.807, 2.05) is 55.5 Å². The molecule has 0 radical (unpaired) electrons. The Kier molecular flexibility index (Phi) is 6.55. The van der Waals surface area contributed by atoms with Gasteiger partial charge in [0.05, 0.1) is 6.61 Å². The zero-order valence-corrected chi connectivity index (χ0v) is 16.7. The van der Waals surface area contributed by atoms with Crippen molar-refractivity contribution in [3.63, 3.8) is 0 Å². The highest BCUT2D eigenvalue weighted by atomic mass is 16.5. The first-order chi connectivity index (χ1) is 14.0. The Morgan fingerprint density at radius 1 is 0.966 bits per heavy atom. The van der Waals surface area contributed by atoms with Gasteiger partial charge in [0, 0.05) is 17.5 Å². The van der Waals surface area contributed by atoms with E-state index in [0.29, 0.717) is 12.4 Å². The molecule has 0 amide bonds. The number of carboxylic acid groups (broad SMARTS) is 1. The van der Waals surface area contributed by atoms with Gasteiger partial charge in [0.1, 0.15) is 17.1 Å². The minimum Gasteiger partial charge on any atom is -0.507 e. The average Bonchev–Trinajstić information content (AvgIpc) is 2.73. The number of aromatic carboxylic acids is 1. The molecule has 0 heterocycles. The summed E-state index contributed by atoms with van der Waals surface area (Å²) in [5.74, 6) is -0.754. The maximum absolute atomic E-state index is 11.6.